The number of nitrogens with one attached hydrogen (secondary N) is 1. The van der Waals surface area contributed by atoms with E-state index in [-0.39, 0.29) is 17.4 Å². The molecule has 0 bridgehead atoms. The Morgan fingerprint density at radius 2 is 1.85 bits per heavy atom. The van der Waals surface area contributed by atoms with Gasteiger partial charge in [-0.05, 0) is 50.4 Å². The average molecular weight is 378 g/mol. The number of amides is 2. The first-order valence-corrected chi connectivity index (χ1v) is 10.1. The van der Waals surface area contributed by atoms with Crippen LogP contribution in [0.5, 0.6) is 0 Å². The summed E-state index contributed by atoms with van der Waals surface area (Å²) in [5, 5.41) is 2.99. The van der Waals surface area contributed by atoms with Crippen molar-refractivity contribution in [3.63, 3.8) is 0 Å². The van der Waals surface area contributed by atoms with Gasteiger partial charge in [-0.1, -0.05) is 26.0 Å². The van der Waals surface area contributed by atoms with E-state index in [1.807, 2.05) is 0 Å². The van der Waals surface area contributed by atoms with E-state index in [4.69, 9.17) is 0 Å². The fourth-order valence-electron chi connectivity index (χ4n) is 3.55. The average Bonchev–Trinajstić information content (AvgIpc) is 2.70. The van der Waals surface area contributed by atoms with E-state index in [9.17, 15) is 14.0 Å². The minimum atomic E-state index is -0.467. The van der Waals surface area contributed by atoms with Gasteiger partial charge < -0.3 is 15.1 Å². The van der Waals surface area contributed by atoms with Gasteiger partial charge in [-0.2, -0.15) is 0 Å². The number of halogens is 1. The highest BCUT2D eigenvalue weighted by Gasteiger charge is 2.25. The van der Waals surface area contributed by atoms with Gasteiger partial charge in [0, 0.05) is 32.6 Å². The smallest absolute Gasteiger partial charge is 0.256 e. The monoisotopic (exact) mass is 377 g/mol. The molecule has 1 saturated heterocycles. The molecule has 5 nitrogen and oxygen atoms in total. The van der Waals surface area contributed by atoms with Gasteiger partial charge in [0.25, 0.3) is 5.91 Å². The predicted molar refractivity (Wildman–Crippen MR) is 105 cm³/mol. The van der Waals surface area contributed by atoms with Crippen LogP contribution in [0, 0.1) is 11.7 Å². The van der Waals surface area contributed by atoms with Crippen LogP contribution in [0.4, 0.5) is 4.39 Å². The summed E-state index contributed by atoms with van der Waals surface area (Å²) in [7, 11) is 0. The molecule has 0 aliphatic carbocycles. The van der Waals surface area contributed by atoms with E-state index >= 15 is 0 Å². The number of nitrogens with zero attached hydrogens (tertiary/aromatic N) is 2. The van der Waals surface area contributed by atoms with Crippen molar-refractivity contribution >= 4 is 11.8 Å². The van der Waals surface area contributed by atoms with Crippen molar-refractivity contribution in [3.05, 3.63) is 35.6 Å². The molecule has 2 rings (SSSR count). The number of hydrogen-bond acceptors (Lipinski definition) is 3. The van der Waals surface area contributed by atoms with Gasteiger partial charge in [0.15, 0.2) is 0 Å². The third-order valence-electron chi connectivity index (χ3n) is 5.43. The highest BCUT2D eigenvalue weighted by molar-refractivity contribution is 5.94. The fraction of sp³-hybridized carbons (Fsp3) is 0.619. The second-order valence-corrected chi connectivity index (χ2v) is 7.13. The molecule has 150 valence electrons. The van der Waals surface area contributed by atoms with Crippen LogP contribution >= 0.6 is 0 Å². The Kier molecular flexibility index (Phi) is 8.72. The van der Waals surface area contributed by atoms with Crippen molar-refractivity contribution in [1.82, 2.24) is 15.1 Å². The fourth-order valence-corrected chi connectivity index (χ4v) is 3.55. The van der Waals surface area contributed by atoms with Crippen LogP contribution in [0.1, 0.15) is 49.9 Å². The summed E-state index contributed by atoms with van der Waals surface area (Å²) >= 11 is 0. The van der Waals surface area contributed by atoms with Crippen molar-refractivity contribution in [3.8, 4) is 0 Å². The molecule has 0 unspecified atom stereocenters. The predicted octanol–water partition coefficient (Wildman–Crippen LogP) is 2.92. The molecule has 1 aromatic carbocycles. The zero-order chi connectivity index (χ0) is 19.6. The Hall–Kier alpha value is -1.95. The second-order valence-electron chi connectivity index (χ2n) is 7.13. The Labute approximate surface area is 161 Å². The summed E-state index contributed by atoms with van der Waals surface area (Å²) in [5.74, 6) is -0.151. The van der Waals surface area contributed by atoms with Crippen LogP contribution in [0.25, 0.3) is 0 Å². The zero-order valence-electron chi connectivity index (χ0n) is 16.5. The molecule has 0 radical (unpaired) electrons. The third-order valence-corrected chi connectivity index (χ3v) is 5.43. The number of likely N-dealkylation sites (N-methyl/N-ethyl adjacent to an activating group) is 1. The highest BCUT2D eigenvalue weighted by atomic mass is 19.1. The van der Waals surface area contributed by atoms with Gasteiger partial charge in [0.05, 0.1) is 5.56 Å². The van der Waals surface area contributed by atoms with E-state index in [1.165, 1.54) is 12.1 Å². The number of carbonyl (C=O) groups is 2. The molecule has 1 aromatic rings. The Morgan fingerprint density at radius 3 is 2.48 bits per heavy atom. The lowest BCUT2D eigenvalue weighted by molar-refractivity contribution is -0.121. The molecular formula is C21H32FN3O2. The molecule has 0 spiro atoms. The van der Waals surface area contributed by atoms with Crippen molar-refractivity contribution in [2.75, 3.05) is 39.3 Å². The first-order chi connectivity index (χ1) is 13.0. The number of rotatable bonds is 9. The standard InChI is InChI=1S/C21H32FN3O2/c1-3-24(4-2)16-13-23-20(26)10-9-17-11-14-25(15-12-17)21(27)18-7-5-6-8-19(18)22/h5-8,17H,3-4,9-16H2,1-2H3,(H,23,26). The van der Waals surface area contributed by atoms with Gasteiger partial charge in [0.1, 0.15) is 5.82 Å². The summed E-state index contributed by atoms with van der Waals surface area (Å²) < 4.78 is 13.8. The van der Waals surface area contributed by atoms with E-state index in [0.29, 0.717) is 32.0 Å². The van der Waals surface area contributed by atoms with Crippen molar-refractivity contribution in [1.29, 1.82) is 0 Å². The summed E-state index contributed by atoms with van der Waals surface area (Å²) in [6.45, 7) is 9.06. The molecular weight excluding hydrogens is 345 g/mol. The molecule has 0 atom stereocenters. The van der Waals surface area contributed by atoms with Gasteiger partial charge in [-0.15, -0.1) is 0 Å². The topological polar surface area (TPSA) is 52.7 Å². The molecule has 1 aliphatic heterocycles. The van der Waals surface area contributed by atoms with Crippen LogP contribution < -0.4 is 5.32 Å². The van der Waals surface area contributed by atoms with E-state index < -0.39 is 5.82 Å². The minimum Gasteiger partial charge on any atom is -0.355 e. The first kappa shape index (κ1) is 21.4. The van der Waals surface area contributed by atoms with Crippen LogP contribution in [-0.4, -0.2) is 60.9 Å². The van der Waals surface area contributed by atoms with Crippen molar-refractivity contribution in [2.24, 2.45) is 5.92 Å². The van der Waals surface area contributed by atoms with Gasteiger partial charge in [-0.25, -0.2) is 4.39 Å². The van der Waals surface area contributed by atoms with Gasteiger partial charge in [0.2, 0.25) is 5.91 Å². The summed E-state index contributed by atoms with van der Waals surface area (Å²) in [5.41, 5.74) is 0.142. The molecule has 2 amide bonds. The number of piperidine rings is 1. The van der Waals surface area contributed by atoms with Crippen molar-refractivity contribution < 1.29 is 14.0 Å². The number of carbonyl (C=O) groups excluding carboxylic acids is 2. The molecule has 1 heterocycles. The normalized spacial score (nSPS) is 15.2. The largest absolute Gasteiger partial charge is 0.355 e. The Bertz CT molecular complexity index is 611. The SMILES string of the molecule is CCN(CC)CCNC(=O)CCC1CCN(C(=O)c2ccccc2F)CC1. The summed E-state index contributed by atoms with van der Waals surface area (Å²) in [6, 6.07) is 6.12. The minimum absolute atomic E-state index is 0.104. The lowest BCUT2D eigenvalue weighted by Crippen LogP contribution is -2.39. The summed E-state index contributed by atoms with van der Waals surface area (Å²) in [6.07, 6.45) is 3.11. The van der Waals surface area contributed by atoms with Gasteiger partial charge in [-0.3, -0.25) is 9.59 Å². The third kappa shape index (κ3) is 6.61. The highest BCUT2D eigenvalue weighted by Crippen LogP contribution is 2.23. The molecule has 6 heteroatoms. The second kappa shape index (κ2) is 11.0. The molecule has 27 heavy (non-hydrogen) atoms. The molecule has 0 aromatic heterocycles. The van der Waals surface area contributed by atoms with Gasteiger partial charge >= 0.3 is 0 Å². The molecule has 1 N–H and O–H groups in total. The number of benzene rings is 1. The van der Waals surface area contributed by atoms with Crippen LogP contribution in [-0.2, 0) is 4.79 Å². The van der Waals surface area contributed by atoms with E-state index in [1.54, 1.807) is 17.0 Å². The lowest BCUT2D eigenvalue weighted by Gasteiger charge is -2.32. The van der Waals surface area contributed by atoms with Crippen LogP contribution in [0.3, 0.4) is 0 Å². The maximum absolute atomic E-state index is 13.8. The van der Waals surface area contributed by atoms with Crippen LogP contribution in [0.15, 0.2) is 24.3 Å². The summed E-state index contributed by atoms with van der Waals surface area (Å²) in [4.78, 5) is 28.4. The quantitative estimate of drug-likeness (QED) is 0.720. The van der Waals surface area contributed by atoms with Crippen LogP contribution in [0.2, 0.25) is 0 Å². The Balaban J connectivity index is 1.66. The molecule has 0 saturated carbocycles. The number of likely N-dealkylation sites (tertiary alicyclic amines) is 1. The lowest BCUT2D eigenvalue weighted by atomic mass is 9.91. The maximum Gasteiger partial charge on any atom is 0.256 e. The Morgan fingerprint density at radius 1 is 1.19 bits per heavy atom. The maximum atomic E-state index is 13.8. The molecule has 1 fully saturated rings. The van der Waals surface area contributed by atoms with E-state index in [0.717, 1.165) is 38.9 Å². The van der Waals surface area contributed by atoms with E-state index in [2.05, 4.69) is 24.1 Å². The first-order valence-electron chi connectivity index (χ1n) is 10.1. The number of hydrogen-bond donors (Lipinski definition) is 1. The van der Waals surface area contributed by atoms with Crippen molar-refractivity contribution in [2.45, 2.75) is 39.5 Å². The zero-order valence-corrected chi connectivity index (χ0v) is 16.5. The molecule has 1 aliphatic rings.